The van der Waals surface area contributed by atoms with Crippen molar-refractivity contribution in [2.75, 3.05) is 23.5 Å². The standard InChI is InChI=1S/C36H34N6/c1-23-25(3)39(21-37(23)5)27-11-9-12-29(19-27)41-34-16-10-14-31-30-13-7-8-15-32(30)42(36(31)34)33-18-17-28(20-35(33)41)40-22-38(6)24(2)26(40)4/h7-20H,22H2,1-6H3. The Morgan fingerprint density at radius 1 is 0.690 bits per heavy atom. The van der Waals surface area contributed by atoms with E-state index in [9.17, 15) is 0 Å². The van der Waals surface area contributed by atoms with Crippen molar-refractivity contribution < 1.29 is 4.57 Å². The Morgan fingerprint density at radius 3 is 2.21 bits per heavy atom. The van der Waals surface area contributed by atoms with Crippen molar-refractivity contribution in [3.05, 3.63) is 114 Å². The summed E-state index contributed by atoms with van der Waals surface area (Å²) in [4.78, 5) is 7.17. The number of rotatable bonds is 3. The van der Waals surface area contributed by atoms with Gasteiger partial charge < -0.3 is 28.4 Å². The van der Waals surface area contributed by atoms with Crippen LogP contribution >= 0.6 is 0 Å². The van der Waals surface area contributed by atoms with Gasteiger partial charge in [0.15, 0.2) is 0 Å². The summed E-state index contributed by atoms with van der Waals surface area (Å²) in [6, 6.07) is 31.3. The van der Waals surface area contributed by atoms with Crippen LogP contribution in [0.15, 0.2) is 96.3 Å². The number of anilines is 4. The van der Waals surface area contributed by atoms with Crippen molar-refractivity contribution in [2.45, 2.75) is 27.7 Å². The lowest BCUT2D eigenvalue weighted by atomic mass is 10.1. The van der Waals surface area contributed by atoms with E-state index in [1.165, 1.54) is 67.3 Å². The average molecular weight is 551 g/mol. The molecule has 6 heteroatoms. The largest absolute Gasteiger partial charge is 0.359 e. The fraction of sp³-hybridized carbons (Fsp3) is 0.194. The van der Waals surface area contributed by atoms with E-state index >= 15 is 0 Å². The third-order valence-electron chi connectivity index (χ3n) is 9.48. The maximum absolute atomic E-state index is 3.48. The molecule has 42 heavy (non-hydrogen) atoms. The van der Waals surface area contributed by atoms with E-state index in [-0.39, 0.29) is 0 Å². The second kappa shape index (κ2) is 8.76. The summed E-state index contributed by atoms with van der Waals surface area (Å²) in [6.07, 6.45) is 3.48. The van der Waals surface area contributed by atoms with Crippen LogP contribution < -0.4 is 14.4 Å². The van der Waals surface area contributed by atoms with Crippen molar-refractivity contribution in [1.29, 1.82) is 0 Å². The quantitative estimate of drug-likeness (QED) is 0.168. The van der Waals surface area contributed by atoms with Gasteiger partial charge in [-0.15, -0.1) is 0 Å². The highest BCUT2D eigenvalue weighted by molar-refractivity contribution is 6.16. The third-order valence-corrected chi connectivity index (χ3v) is 9.48. The summed E-state index contributed by atoms with van der Waals surface area (Å²) < 4.78 is 6.68. The Labute approximate surface area is 246 Å². The monoisotopic (exact) mass is 550 g/mol. The molecule has 0 atom stereocenters. The zero-order valence-corrected chi connectivity index (χ0v) is 25.0. The molecular formula is C36H34N6. The molecule has 6 aromatic rings. The van der Waals surface area contributed by atoms with Crippen LogP contribution in [0, 0.1) is 20.2 Å². The average Bonchev–Trinajstić information content (AvgIpc) is 3.59. The maximum Gasteiger partial charge on any atom is 0.243 e. The van der Waals surface area contributed by atoms with Crippen LogP contribution in [0.3, 0.4) is 0 Å². The molecule has 0 bridgehead atoms. The van der Waals surface area contributed by atoms with Crippen LogP contribution in [0.4, 0.5) is 22.7 Å². The van der Waals surface area contributed by atoms with Gasteiger partial charge in [0.1, 0.15) is 0 Å². The van der Waals surface area contributed by atoms with Crippen molar-refractivity contribution in [3.63, 3.8) is 0 Å². The molecule has 0 radical (unpaired) electrons. The summed E-state index contributed by atoms with van der Waals surface area (Å²) >= 11 is 0. The Bertz CT molecular complexity index is 2110. The predicted molar refractivity (Wildman–Crippen MR) is 171 cm³/mol. The first-order valence-electron chi connectivity index (χ1n) is 14.5. The number of imidazole rings is 1. The number of fused-ring (bicyclic) bond motifs is 5. The molecule has 0 spiro atoms. The van der Waals surface area contributed by atoms with Gasteiger partial charge in [-0.2, -0.15) is 0 Å². The van der Waals surface area contributed by atoms with Gasteiger partial charge in [-0.05, 0) is 70.2 Å². The van der Waals surface area contributed by atoms with Gasteiger partial charge in [0.25, 0.3) is 0 Å². The predicted octanol–water partition coefficient (Wildman–Crippen LogP) is 7.56. The number of hydrogen-bond acceptors (Lipinski definition) is 3. The SMILES string of the molecule is CC1=C(C)N(c2ccc3c(c2)N(c2cccc(-n4[c-][n+](C)c(C)c4C)c2)c2cccc4c5ccccc5n-3c24)CN1C. The van der Waals surface area contributed by atoms with E-state index in [0.717, 1.165) is 18.0 Å². The van der Waals surface area contributed by atoms with Gasteiger partial charge >= 0.3 is 0 Å². The van der Waals surface area contributed by atoms with Crippen LogP contribution in [0.1, 0.15) is 25.2 Å². The molecule has 2 aliphatic heterocycles. The number of aryl methyl sites for hydroxylation is 1. The highest BCUT2D eigenvalue weighted by atomic mass is 15.4. The molecule has 0 N–H and O–H groups in total. The Morgan fingerprint density at radius 2 is 1.45 bits per heavy atom. The lowest BCUT2D eigenvalue weighted by Gasteiger charge is -2.34. The fourth-order valence-corrected chi connectivity index (χ4v) is 6.79. The van der Waals surface area contributed by atoms with E-state index < -0.39 is 0 Å². The molecule has 0 fully saturated rings. The molecule has 2 aromatic heterocycles. The number of nitrogens with zero attached hydrogens (tertiary/aromatic N) is 6. The van der Waals surface area contributed by atoms with Gasteiger partial charge in [-0.3, -0.25) is 0 Å². The van der Waals surface area contributed by atoms with Crippen molar-refractivity contribution >= 4 is 44.6 Å². The number of hydrogen-bond donors (Lipinski definition) is 0. The number of benzene rings is 4. The third kappa shape index (κ3) is 3.29. The van der Waals surface area contributed by atoms with Gasteiger partial charge in [0.05, 0.1) is 47.5 Å². The second-order valence-electron chi connectivity index (χ2n) is 11.7. The maximum atomic E-state index is 3.48. The molecule has 0 saturated carbocycles. The molecule has 208 valence electrons. The van der Waals surface area contributed by atoms with Gasteiger partial charge in [-0.25, -0.2) is 0 Å². The van der Waals surface area contributed by atoms with Gasteiger partial charge in [0.2, 0.25) is 6.33 Å². The minimum atomic E-state index is 0.846. The molecule has 2 aliphatic rings. The topological polar surface area (TPSA) is 23.5 Å². The minimum Gasteiger partial charge on any atom is -0.359 e. The summed E-state index contributed by atoms with van der Waals surface area (Å²) in [5.41, 5.74) is 14.4. The summed E-state index contributed by atoms with van der Waals surface area (Å²) in [7, 11) is 4.22. The van der Waals surface area contributed by atoms with Crippen LogP contribution in [0.2, 0.25) is 0 Å². The number of para-hydroxylation sites is 2. The van der Waals surface area contributed by atoms with Crippen molar-refractivity contribution in [3.8, 4) is 11.4 Å². The van der Waals surface area contributed by atoms with E-state index in [0.29, 0.717) is 0 Å². The lowest BCUT2D eigenvalue weighted by Crippen LogP contribution is -2.29. The molecular weight excluding hydrogens is 516 g/mol. The zero-order valence-electron chi connectivity index (χ0n) is 25.0. The van der Waals surface area contributed by atoms with E-state index in [2.05, 4.69) is 161 Å². The minimum absolute atomic E-state index is 0.846. The Kier molecular flexibility index (Phi) is 5.17. The van der Waals surface area contributed by atoms with Crippen LogP contribution in [-0.2, 0) is 7.05 Å². The van der Waals surface area contributed by atoms with Crippen molar-refractivity contribution in [1.82, 2.24) is 14.0 Å². The fourth-order valence-electron chi connectivity index (χ4n) is 6.79. The van der Waals surface area contributed by atoms with Crippen LogP contribution in [0.5, 0.6) is 0 Å². The molecule has 0 saturated heterocycles. The summed E-state index contributed by atoms with van der Waals surface area (Å²) in [6.45, 7) is 9.56. The van der Waals surface area contributed by atoms with E-state index in [1.807, 2.05) is 0 Å². The molecule has 6 nitrogen and oxygen atoms in total. The van der Waals surface area contributed by atoms with Crippen LogP contribution in [0.25, 0.3) is 33.2 Å². The summed E-state index contributed by atoms with van der Waals surface area (Å²) in [5, 5.41) is 2.54. The second-order valence-corrected chi connectivity index (χ2v) is 11.7. The van der Waals surface area contributed by atoms with E-state index in [4.69, 9.17) is 0 Å². The first kappa shape index (κ1) is 24.8. The highest BCUT2D eigenvalue weighted by Crippen LogP contribution is 2.51. The molecule has 0 aliphatic carbocycles. The van der Waals surface area contributed by atoms with Gasteiger partial charge in [0, 0.05) is 52.0 Å². The number of allylic oxidation sites excluding steroid dienone is 2. The van der Waals surface area contributed by atoms with E-state index in [1.54, 1.807) is 0 Å². The zero-order chi connectivity index (χ0) is 28.9. The lowest BCUT2D eigenvalue weighted by molar-refractivity contribution is -0.681. The number of aromatic nitrogens is 3. The Balaban J connectivity index is 1.41. The summed E-state index contributed by atoms with van der Waals surface area (Å²) in [5.74, 6) is 0. The highest BCUT2D eigenvalue weighted by Gasteiger charge is 2.30. The molecule has 0 amide bonds. The first-order chi connectivity index (χ1) is 20.3. The Hall–Kier alpha value is -4.97. The normalized spacial score (nSPS) is 14.6. The first-order valence-corrected chi connectivity index (χ1v) is 14.5. The smallest absolute Gasteiger partial charge is 0.243 e. The van der Waals surface area contributed by atoms with Gasteiger partial charge in [-0.1, -0.05) is 42.5 Å². The molecule has 4 aromatic carbocycles. The van der Waals surface area contributed by atoms with Crippen molar-refractivity contribution in [2.24, 2.45) is 7.05 Å². The molecule has 8 rings (SSSR count). The molecule has 4 heterocycles. The molecule has 0 unspecified atom stereocenters. The van der Waals surface area contributed by atoms with Crippen LogP contribution in [-0.4, -0.2) is 27.8 Å².